The third kappa shape index (κ3) is 3.97. The van der Waals surface area contributed by atoms with Gasteiger partial charge in [0, 0.05) is 12.5 Å². The van der Waals surface area contributed by atoms with Crippen LogP contribution in [0.3, 0.4) is 0 Å². The summed E-state index contributed by atoms with van der Waals surface area (Å²) in [6.45, 7) is 2.54. The fourth-order valence-electron chi connectivity index (χ4n) is 2.64. The molecule has 1 aliphatic carbocycles. The fraction of sp³-hybridized carbons (Fsp3) is 0.500. The van der Waals surface area contributed by atoms with Crippen molar-refractivity contribution in [1.29, 1.82) is 0 Å². The van der Waals surface area contributed by atoms with Crippen LogP contribution in [0.2, 0.25) is 0 Å². The molecule has 5 nitrogen and oxygen atoms in total. The van der Waals surface area contributed by atoms with Crippen LogP contribution in [0, 0.1) is 0 Å². The molecule has 0 aliphatic heterocycles. The lowest BCUT2D eigenvalue weighted by molar-refractivity contribution is -0.139. The van der Waals surface area contributed by atoms with Crippen LogP contribution in [0.5, 0.6) is 0 Å². The summed E-state index contributed by atoms with van der Waals surface area (Å²) in [5.41, 5.74) is 2.61. The number of carboxylic acids is 1. The minimum atomic E-state index is -0.979. The minimum Gasteiger partial charge on any atom is -0.480 e. The van der Waals surface area contributed by atoms with E-state index in [0.717, 1.165) is 19.3 Å². The highest BCUT2D eigenvalue weighted by Crippen LogP contribution is 2.33. The fourth-order valence-corrected chi connectivity index (χ4v) is 2.64. The molecule has 1 aromatic rings. The van der Waals surface area contributed by atoms with E-state index in [0.29, 0.717) is 18.9 Å². The summed E-state index contributed by atoms with van der Waals surface area (Å²) in [5.74, 6) is -0.640. The molecule has 114 valence electrons. The third-order valence-electron chi connectivity index (χ3n) is 3.92. The van der Waals surface area contributed by atoms with Gasteiger partial charge in [-0.25, -0.2) is 9.59 Å². The second-order valence-corrected chi connectivity index (χ2v) is 5.49. The number of hydrogen-bond acceptors (Lipinski definition) is 2. The zero-order valence-electron chi connectivity index (χ0n) is 12.3. The van der Waals surface area contributed by atoms with Crippen LogP contribution in [0.25, 0.3) is 0 Å². The monoisotopic (exact) mass is 290 g/mol. The third-order valence-corrected chi connectivity index (χ3v) is 3.92. The van der Waals surface area contributed by atoms with E-state index in [1.54, 1.807) is 0 Å². The second kappa shape index (κ2) is 7.11. The molecule has 1 aromatic carbocycles. The highest BCUT2D eigenvalue weighted by molar-refractivity contribution is 5.82. The summed E-state index contributed by atoms with van der Waals surface area (Å²) < 4.78 is 0. The lowest BCUT2D eigenvalue weighted by Crippen LogP contribution is -2.47. The Kier molecular flexibility index (Phi) is 5.20. The molecule has 0 saturated carbocycles. The number of carbonyl (C=O) groups excluding carboxylic acids is 1. The standard InChI is InChI=1S/C16H22N2O3/c1-2-3-8-14(15(19)20)18-16(21)17-10-12-9-11-6-4-5-7-13(11)12/h4-7,12,14H,2-3,8-10H2,1H3,(H,19,20)(H2,17,18,21). The van der Waals surface area contributed by atoms with Gasteiger partial charge in [0.1, 0.15) is 6.04 Å². The quantitative estimate of drug-likeness (QED) is 0.721. The molecular formula is C16H22N2O3. The normalized spacial score (nSPS) is 17.3. The molecule has 21 heavy (non-hydrogen) atoms. The summed E-state index contributed by atoms with van der Waals surface area (Å²) in [7, 11) is 0. The summed E-state index contributed by atoms with van der Waals surface area (Å²) >= 11 is 0. The van der Waals surface area contributed by atoms with Crippen LogP contribution >= 0.6 is 0 Å². The molecule has 0 spiro atoms. The Morgan fingerprint density at radius 1 is 1.38 bits per heavy atom. The summed E-state index contributed by atoms with van der Waals surface area (Å²) in [6.07, 6.45) is 3.12. The molecular weight excluding hydrogens is 268 g/mol. The minimum absolute atomic E-state index is 0.339. The topological polar surface area (TPSA) is 78.4 Å². The van der Waals surface area contributed by atoms with Gasteiger partial charge in [0.25, 0.3) is 0 Å². The van der Waals surface area contributed by atoms with Crippen LogP contribution in [-0.4, -0.2) is 29.7 Å². The number of nitrogens with one attached hydrogen (secondary N) is 2. The van der Waals surface area contributed by atoms with Gasteiger partial charge in [0.15, 0.2) is 0 Å². The van der Waals surface area contributed by atoms with Crippen LogP contribution in [0.15, 0.2) is 24.3 Å². The van der Waals surface area contributed by atoms with Crippen LogP contribution in [0.4, 0.5) is 4.79 Å². The van der Waals surface area contributed by atoms with Crippen molar-refractivity contribution in [3.8, 4) is 0 Å². The molecule has 5 heteroatoms. The number of carbonyl (C=O) groups is 2. The molecule has 0 fully saturated rings. The van der Waals surface area contributed by atoms with Crippen molar-refractivity contribution in [3.63, 3.8) is 0 Å². The van der Waals surface area contributed by atoms with Gasteiger partial charge < -0.3 is 15.7 Å². The Balaban J connectivity index is 1.76. The molecule has 2 unspecified atom stereocenters. The van der Waals surface area contributed by atoms with Crippen LogP contribution in [-0.2, 0) is 11.2 Å². The van der Waals surface area contributed by atoms with E-state index in [2.05, 4.69) is 22.8 Å². The van der Waals surface area contributed by atoms with Gasteiger partial charge >= 0.3 is 12.0 Å². The molecule has 0 bridgehead atoms. The first kappa shape index (κ1) is 15.4. The SMILES string of the molecule is CCCCC(NC(=O)NCC1Cc2ccccc21)C(=O)O. The van der Waals surface area contributed by atoms with E-state index in [-0.39, 0.29) is 0 Å². The Morgan fingerprint density at radius 2 is 2.14 bits per heavy atom. The molecule has 0 aromatic heterocycles. The van der Waals surface area contributed by atoms with E-state index in [4.69, 9.17) is 5.11 Å². The molecule has 0 heterocycles. The number of fused-ring (bicyclic) bond motifs is 1. The lowest BCUT2D eigenvalue weighted by atomic mass is 9.78. The maximum absolute atomic E-state index is 11.8. The lowest BCUT2D eigenvalue weighted by Gasteiger charge is -2.30. The number of hydrogen-bond donors (Lipinski definition) is 3. The van der Waals surface area contributed by atoms with E-state index in [1.165, 1.54) is 11.1 Å². The molecule has 0 saturated heterocycles. The smallest absolute Gasteiger partial charge is 0.326 e. The van der Waals surface area contributed by atoms with Gasteiger partial charge in [-0.3, -0.25) is 0 Å². The van der Waals surface area contributed by atoms with Crippen molar-refractivity contribution in [3.05, 3.63) is 35.4 Å². The van der Waals surface area contributed by atoms with Crippen molar-refractivity contribution < 1.29 is 14.7 Å². The number of aliphatic carboxylic acids is 1. The first-order chi connectivity index (χ1) is 10.1. The molecule has 0 radical (unpaired) electrons. The van der Waals surface area contributed by atoms with E-state index in [1.807, 2.05) is 19.1 Å². The van der Waals surface area contributed by atoms with Crippen molar-refractivity contribution >= 4 is 12.0 Å². The van der Waals surface area contributed by atoms with E-state index in [9.17, 15) is 9.59 Å². The van der Waals surface area contributed by atoms with Crippen molar-refractivity contribution in [2.45, 2.75) is 44.6 Å². The molecule has 1 aliphatic rings. The second-order valence-electron chi connectivity index (χ2n) is 5.49. The number of rotatable bonds is 7. The first-order valence-electron chi connectivity index (χ1n) is 7.46. The Morgan fingerprint density at radius 3 is 2.81 bits per heavy atom. The molecule has 2 atom stereocenters. The Hall–Kier alpha value is -2.04. The maximum Gasteiger partial charge on any atom is 0.326 e. The highest BCUT2D eigenvalue weighted by atomic mass is 16.4. The number of unbranched alkanes of at least 4 members (excludes halogenated alkanes) is 1. The molecule has 2 rings (SSSR count). The summed E-state index contributed by atoms with van der Waals surface area (Å²) in [5, 5.41) is 14.4. The molecule has 2 amide bonds. The van der Waals surface area contributed by atoms with Crippen LogP contribution < -0.4 is 10.6 Å². The number of benzene rings is 1. The Labute approximate surface area is 124 Å². The number of urea groups is 1. The maximum atomic E-state index is 11.8. The van der Waals surface area contributed by atoms with Gasteiger partial charge in [-0.15, -0.1) is 0 Å². The van der Waals surface area contributed by atoms with Crippen molar-refractivity contribution in [2.24, 2.45) is 0 Å². The Bertz CT molecular complexity index is 516. The predicted octanol–water partition coefficient (Wildman–Crippen LogP) is 2.27. The molecule has 3 N–H and O–H groups in total. The summed E-state index contributed by atoms with van der Waals surface area (Å²) in [4.78, 5) is 22.9. The average molecular weight is 290 g/mol. The van der Waals surface area contributed by atoms with Gasteiger partial charge in [0.05, 0.1) is 0 Å². The van der Waals surface area contributed by atoms with E-state index < -0.39 is 18.0 Å². The van der Waals surface area contributed by atoms with Gasteiger partial charge in [-0.1, -0.05) is 44.0 Å². The zero-order valence-corrected chi connectivity index (χ0v) is 12.3. The highest BCUT2D eigenvalue weighted by Gasteiger charge is 2.26. The predicted molar refractivity (Wildman–Crippen MR) is 80.4 cm³/mol. The first-order valence-corrected chi connectivity index (χ1v) is 7.46. The van der Waals surface area contributed by atoms with Crippen molar-refractivity contribution in [2.75, 3.05) is 6.54 Å². The number of carboxylic acid groups (broad SMARTS) is 1. The zero-order chi connectivity index (χ0) is 15.2. The largest absolute Gasteiger partial charge is 0.480 e. The van der Waals surface area contributed by atoms with Crippen LogP contribution in [0.1, 0.15) is 43.2 Å². The van der Waals surface area contributed by atoms with E-state index >= 15 is 0 Å². The summed E-state index contributed by atoms with van der Waals surface area (Å²) in [6, 6.07) is 6.97. The van der Waals surface area contributed by atoms with Gasteiger partial charge in [0.2, 0.25) is 0 Å². The average Bonchev–Trinajstić information content (AvgIpc) is 2.44. The van der Waals surface area contributed by atoms with Gasteiger partial charge in [-0.05, 0) is 24.0 Å². The van der Waals surface area contributed by atoms with Gasteiger partial charge in [-0.2, -0.15) is 0 Å². The van der Waals surface area contributed by atoms with Crippen molar-refractivity contribution in [1.82, 2.24) is 10.6 Å². The number of amides is 2.